The van der Waals surface area contributed by atoms with E-state index in [1.807, 2.05) is 0 Å². The van der Waals surface area contributed by atoms with Crippen LogP contribution in [-0.4, -0.2) is 30.7 Å². The molecule has 0 aliphatic rings. The fourth-order valence-corrected chi connectivity index (χ4v) is 1.53. The molecular formula is C13H23N3O2. The third-order valence-electron chi connectivity index (χ3n) is 3.12. The average Bonchev–Trinajstić information content (AvgIpc) is 2.38. The van der Waals surface area contributed by atoms with Crippen LogP contribution in [0.4, 0.5) is 0 Å². The van der Waals surface area contributed by atoms with Crippen molar-refractivity contribution in [3.63, 3.8) is 0 Å². The van der Waals surface area contributed by atoms with E-state index in [9.17, 15) is 0 Å². The molecule has 0 saturated carbocycles. The van der Waals surface area contributed by atoms with Crippen LogP contribution in [0, 0.1) is 5.41 Å². The Morgan fingerprint density at radius 1 is 1.17 bits per heavy atom. The SMILES string of the molecule is CCC(C)(C)CNCc1c(OC)ncnc1OC. The maximum absolute atomic E-state index is 5.23. The molecule has 0 spiro atoms. The number of hydrogen-bond acceptors (Lipinski definition) is 5. The van der Waals surface area contributed by atoms with Gasteiger partial charge in [-0.05, 0) is 11.8 Å². The minimum absolute atomic E-state index is 0.274. The van der Waals surface area contributed by atoms with Gasteiger partial charge in [0.15, 0.2) is 0 Å². The molecule has 5 nitrogen and oxygen atoms in total. The Bertz CT molecular complexity index is 358. The number of nitrogens with one attached hydrogen (secondary N) is 1. The molecular weight excluding hydrogens is 230 g/mol. The van der Waals surface area contributed by atoms with E-state index in [-0.39, 0.29) is 5.41 Å². The van der Waals surface area contributed by atoms with Gasteiger partial charge in [-0.15, -0.1) is 0 Å². The van der Waals surface area contributed by atoms with Gasteiger partial charge in [0.25, 0.3) is 0 Å². The summed E-state index contributed by atoms with van der Waals surface area (Å²) in [5.41, 5.74) is 1.13. The molecule has 1 N–H and O–H groups in total. The maximum Gasteiger partial charge on any atom is 0.224 e. The molecule has 0 bridgehead atoms. The van der Waals surface area contributed by atoms with Crippen LogP contribution in [0.1, 0.15) is 32.8 Å². The predicted molar refractivity (Wildman–Crippen MR) is 70.9 cm³/mol. The molecule has 0 aliphatic carbocycles. The Morgan fingerprint density at radius 3 is 2.17 bits per heavy atom. The van der Waals surface area contributed by atoms with Gasteiger partial charge in [-0.25, -0.2) is 9.97 Å². The number of hydrogen-bond donors (Lipinski definition) is 1. The first-order valence-electron chi connectivity index (χ1n) is 6.16. The molecule has 0 aromatic carbocycles. The van der Waals surface area contributed by atoms with E-state index in [1.165, 1.54) is 6.33 Å². The number of ether oxygens (including phenoxy) is 2. The van der Waals surface area contributed by atoms with Crippen LogP contribution in [0.5, 0.6) is 11.8 Å². The second-order valence-electron chi connectivity index (χ2n) is 4.99. The zero-order chi connectivity index (χ0) is 13.6. The Labute approximate surface area is 109 Å². The highest BCUT2D eigenvalue weighted by molar-refractivity contribution is 5.34. The molecule has 102 valence electrons. The average molecular weight is 253 g/mol. The van der Waals surface area contributed by atoms with Crippen LogP contribution in [0.3, 0.4) is 0 Å². The lowest BCUT2D eigenvalue weighted by Gasteiger charge is -2.23. The molecule has 0 radical (unpaired) electrons. The Balaban J connectivity index is 2.71. The molecule has 1 heterocycles. The highest BCUT2D eigenvalue weighted by atomic mass is 16.5. The van der Waals surface area contributed by atoms with Crippen molar-refractivity contribution >= 4 is 0 Å². The molecule has 0 atom stereocenters. The number of aromatic nitrogens is 2. The molecule has 0 unspecified atom stereocenters. The summed E-state index contributed by atoms with van der Waals surface area (Å²) in [6.07, 6.45) is 2.57. The van der Waals surface area contributed by atoms with Crippen molar-refractivity contribution in [2.24, 2.45) is 5.41 Å². The fourth-order valence-electron chi connectivity index (χ4n) is 1.53. The van der Waals surface area contributed by atoms with Crippen molar-refractivity contribution in [3.8, 4) is 11.8 Å². The number of rotatable bonds is 7. The van der Waals surface area contributed by atoms with E-state index in [4.69, 9.17) is 9.47 Å². The van der Waals surface area contributed by atoms with Gasteiger partial charge in [0.05, 0.1) is 19.8 Å². The number of methoxy groups -OCH3 is 2. The van der Waals surface area contributed by atoms with E-state index in [0.717, 1.165) is 18.5 Å². The van der Waals surface area contributed by atoms with Gasteiger partial charge in [0.2, 0.25) is 11.8 Å². The second kappa shape index (κ2) is 6.54. The lowest BCUT2D eigenvalue weighted by Crippen LogP contribution is -2.28. The summed E-state index contributed by atoms with van der Waals surface area (Å²) in [4.78, 5) is 8.18. The van der Waals surface area contributed by atoms with Crippen LogP contribution >= 0.6 is 0 Å². The molecule has 0 aliphatic heterocycles. The third kappa shape index (κ3) is 3.84. The zero-order valence-corrected chi connectivity index (χ0v) is 11.9. The molecule has 0 saturated heterocycles. The summed E-state index contributed by atoms with van der Waals surface area (Å²) in [5.74, 6) is 1.12. The molecule has 0 amide bonds. The summed E-state index contributed by atoms with van der Waals surface area (Å²) in [5, 5.41) is 3.40. The first-order chi connectivity index (χ1) is 8.54. The highest BCUT2D eigenvalue weighted by Crippen LogP contribution is 2.24. The van der Waals surface area contributed by atoms with E-state index in [1.54, 1.807) is 14.2 Å². The lowest BCUT2D eigenvalue weighted by molar-refractivity contribution is 0.319. The first kappa shape index (κ1) is 14.7. The van der Waals surface area contributed by atoms with Gasteiger partial charge < -0.3 is 14.8 Å². The summed E-state index contributed by atoms with van der Waals surface area (Å²) >= 11 is 0. The molecule has 1 rings (SSSR count). The summed E-state index contributed by atoms with van der Waals surface area (Å²) in [6.45, 7) is 8.21. The lowest BCUT2D eigenvalue weighted by atomic mass is 9.90. The Hall–Kier alpha value is -1.36. The van der Waals surface area contributed by atoms with Crippen LogP contribution < -0.4 is 14.8 Å². The standard InChI is InChI=1S/C13H23N3O2/c1-6-13(2,3)8-14-7-10-11(17-4)15-9-16-12(10)18-5/h9,14H,6-8H2,1-5H3. The van der Waals surface area contributed by atoms with Crippen molar-refractivity contribution in [1.29, 1.82) is 0 Å². The van der Waals surface area contributed by atoms with E-state index in [0.29, 0.717) is 18.3 Å². The second-order valence-corrected chi connectivity index (χ2v) is 4.99. The highest BCUT2D eigenvalue weighted by Gasteiger charge is 2.17. The molecule has 0 fully saturated rings. The van der Waals surface area contributed by atoms with Crippen LogP contribution in [0.25, 0.3) is 0 Å². The van der Waals surface area contributed by atoms with Gasteiger partial charge in [0, 0.05) is 13.1 Å². The van der Waals surface area contributed by atoms with Gasteiger partial charge >= 0.3 is 0 Å². The minimum atomic E-state index is 0.274. The monoisotopic (exact) mass is 253 g/mol. The van der Waals surface area contributed by atoms with E-state index < -0.39 is 0 Å². The van der Waals surface area contributed by atoms with Gasteiger partial charge in [-0.1, -0.05) is 20.8 Å². The zero-order valence-electron chi connectivity index (χ0n) is 11.9. The third-order valence-corrected chi connectivity index (χ3v) is 3.12. The van der Waals surface area contributed by atoms with Gasteiger partial charge in [-0.2, -0.15) is 0 Å². The fraction of sp³-hybridized carbons (Fsp3) is 0.692. The van der Waals surface area contributed by atoms with Crippen molar-refractivity contribution in [2.45, 2.75) is 33.7 Å². The smallest absolute Gasteiger partial charge is 0.224 e. The first-order valence-corrected chi connectivity index (χ1v) is 6.16. The summed E-state index contributed by atoms with van der Waals surface area (Å²) < 4.78 is 10.5. The van der Waals surface area contributed by atoms with Crippen LogP contribution in [-0.2, 0) is 6.54 Å². The molecule has 18 heavy (non-hydrogen) atoms. The molecule has 1 aromatic rings. The number of nitrogens with zero attached hydrogens (tertiary/aromatic N) is 2. The van der Waals surface area contributed by atoms with Crippen molar-refractivity contribution in [1.82, 2.24) is 15.3 Å². The van der Waals surface area contributed by atoms with E-state index in [2.05, 4.69) is 36.1 Å². The quantitative estimate of drug-likeness (QED) is 0.805. The van der Waals surface area contributed by atoms with Crippen molar-refractivity contribution in [3.05, 3.63) is 11.9 Å². The Morgan fingerprint density at radius 2 is 1.72 bits per heavy atom. The Kier molecular flexibility index (Phi) is 5.34. The summed E-state index contributed by atoms with van der Waals surface area (Å²) in [6, 6.07) is 0. The minimum Gasteiger partial charge on any atom is -0.481 e. The molecule has 1 aromatic heterocycles. The van der Waals surface area contributed by atoms with Crippen LogP contribution in [0.15, 0.2) is 6.33 Å². The van der Waals surface area contributed by atoms with Crippen LogP contribution in [0.2, 0.25) is 0 Å². The van der Waals surface area contributed by atoms with Crippen molar-refractivity contribution < 1.29 is 9.47 Å². The largest absolute Gasteiger partial charge is 0.481 e. The van der Waals surface area contributed by atoms with E-state index >= 15 is 0 Å². The topological polar surface area (TPSA) is 56.3 Å². The molecule has 5 heteroatoms. The summed E-state index contributed by atoms with van der Waals surface area (Å²) in [7, 11) is 3.20. The normalized spacial score (nSPS) is 11.4. The van der Waals surface area contributed by atoms with Crippen molar-refractivity contribution in [2.75, 3.05) is 20.8 Å². The maximum atomic E-state index is 5.23. The predicted octanol–water partition coefficient (Wildman–Crippen LogP) is 2.02. The van der Waals surface area contributed by atoms with Gasteiger partial charge in [0.1, 0.15) is 6.33 Å². The van der Waals surface area contributed by atoms with Gasteiger partial charge in [-0.3, -0.25) is 0 Å².